The number of benzene rings is 1. The third kappa shape index (κ3) is 3.04. The molecule has 0 amide bonds. The monoisotopic (exact) mass is 301 g/mol. The van der Waals surface area contributed by atoms with Crippen molar-refractivity contribution in [3.63, 3.8) is 0 Å². The molecule has 0 radical (unpaired) electrons. The van der Waals surface area contributed by atoms with Crippen LogP contribution in [0.3, 0.4) is 0 Å². The van der Waals surface area contributed by atoms with Crippen molar-refractivity contribution < 1.29 is 4.79 Å². The highest BCUT2D eigenvalue weighted by molar-refractivity contribution is 6.03. The van der Waals surface area contributed by atoms with Gasteiger partial charge in [-0.25, -0.2) is 4.98 Å². The van der Waals surface area contributed by atoms with E-state index in [9.17, 15) is 4.79 Å². The van der Waals surface area contributed by atoms with Crippen molar-refractivity contribution in [3.8, 4) is 6.07 Å². The van der Waals surface area contributed by atoms with Gasteiger partial charge in [-0.2, -0.15) is 5.26 Å². The number of allylic oxidation sites excluding steroid dienone is 1. The van der Waals surface area contributed by atoms with Gasteiger partial charge in [-0.05, 0) is 30.7 Å². The molecule has 112 valence electrons. The smallest absolute Gasteiger partial charge is 0.170 e. The van der Waals surface area contributed by atoms with Crippen LogP contribution in [0.4, 0.5) is 0 Å². The second-order valence-electron chi connectivity index (χ2n) is 5.30. The van der Waals surface area contributed by atoms with Crippen LogP contribution in [0.25, 0.3) is 17.1 Å². The third-order valence-corrected chi connectivity index (χ3v) is 3.66. The van der Waals surface area contributed by atoms with Crippen LogP contribution in [0.2, 0.25) is 0 Å². The van der Waals surface area contributed by atoms with Crippen LogP contribution in [0, 0.1) is 11.3 Å². The van der Waals surface area contributed by atoms with Gasteiger partial charge in [-0.15, -0.1) is 0 Å². The highest BCUT2D eigenvalue weighted by Gasteiger charge is 2.10. The zero-order chi connectivity index (χ0) is 16.2. The Kier molecular flexibility index (Phi) is 4.03. The van der Waals surface area contributed by atoms with Crippen molar-refractivity contribution in [1.29, 1.82) is 5.26 Å². The molecule has 0 aliphatic rings. The molecule has 0 saturated heterocycles. The van der Waals surface area contributed by atoms with Gasteiger partial charge in [0.25, 0.3) is 0 Å². The average molecular weight is 301 g/mol. The Morgan fingerprint density at radius 1 is 1.26 bits per heavy atom. The highest BCUT2D eigenvalue weighted by Crippen LogP contribution is 2.23. The lowest BCUT2D eigenvalue weighted by Gasteiger charge is -2.04. The molecule has 4 nitrogen and oxygen atoms in total. The van der Waals surface area contributed by atoms with Crippen LogP contribution in [0.5, 0.6) is 0 Å². The van der Waals surface area contributed by atoms with Gasteiger partial charge in [-0.1, -0.05) is 30.3 Å². The van der Waals surface area contributed by atoms with Gasteiger partial charge in [0.1, 0.15) is 11.7 Å². The van der Waals surface area contributed by atoms with Crippen LogP contribution in [0.1, 0.15) is 18.1 Å². The summed E-state index contributed by atoms with van der Waals surface area (Å²) in [7, 11) is 0. The van der Waals surface area contributed by atoms with Gasteiger partial charge in [0.15, 0.2) is 5.78 Å². The molecule has 3 rings (SSSR count). The fourth-order valence-corrected chi connectivity index (χ4v) is 2.53. The standard InChI is InChI=1S/C19H15N3O/c1-14(23)16(11-20)10-17-13-22(12-15-6-3-2-4-7-15)19-18(17)8-5-9-21-19/h2-10,13H,12H2,1H3/b16-10+. The van der Waals surface area contributed by atoms with E-state index in [1.165, 1.54) is 6.92 Å². The van der Waals surface area contributed by atoms with Crippen molar-refractivity contribution >= 4 is 22.9 Å². The molecule has 23 heavy (non-hydrogen) atoms. The number of fused-ring (bicyclic) bond motifs is 1. The zero-order valence-corrected chi connectivity index (χ0v) is 12.7. The molecule has 1 aromatic carbocycles. The predicted molar refractivity (Wildman–Crippen MR) is 89.5 cm³/mol. The van der Waals surface area contributed by atoms with Crippen molar-refractivity contribution in [2.75, 3.05) is 0 Å². The van der Waals surface area contributed by atoms with Crippen LogP contribution in [-0.4, -0.2) is 15.3 Å². The number of Topliss-reactive ketones (excluding diaryl/α,β-unsaturated/α-hetero) is 1. The summed E-state index contributed by atoms with van der Waals surface area (Å²) in [6, 6.07) is 15.8. The van der Waals surface area contributed by atoms with E-state index in [0.29, 0.717) is 6.54 Å². The number of hydrogen-bond acceptors (Lipinski definition) is 3. The summed E-state index contributed by atoms with van der Waals surface area (Å²) in [5, 5.41) is 10.0. The minimum Gasteiger partial charge on any atom is -0.327 e. The average Bonchev–Trinajstić information content (AvgIpc) is 2.91. The molecule has 0 atom stereocenters. The van der Waals surface area contributed by atoms with Crippen LogP contribution < -0.4 is 0 Å². The molecule has 0 aliphatic heterocycles. The maximum atomic E-state index is 11.5. The fourth-order valence-electron chi connectivity index (χ4n) is 2.53. The number of rotatable bonds is 4. The topological polar surface area (TPSA) is 58.7 Å². The minimum atomic E-state index is -0.236. The summed E-state index contributed by atoms with van der Waals surface area (Å²) in [5.41, 5.74) is 2.98. The SMILES string of the molecule is CC(=O)/C(C#N)=C/c1cn(Cc2ccccc2)c2ncccc12. The Labute approximate surface area is 134 Å². The molecule has 0 unspecified atom stereocenters. The molecule has 0 spiro atoms. The molecule has 0 bridgehead atoms. The number of carbonyl (C=O) groups excluding carboxylic acids is 1. The van der Waals surface area contributed by atoms with E-state index in [1.54, 1.807) is 12.3 Å². The lowest BCUT2D eigenvalue weighted by atomic mass is 10.1. The predicted octanol–water partition coefficient (Wildman–Crippen LogP) is 3.58. The van der Waals surface area contributed by atoms with Gasteiger partial charge < -0.3 is 4.57 Å². The molecule has 4 heteroatoms. The van der Waals surface area contributed by atoms with Gasteiger partial charge in [-0.3, -0.25) is 4.79 Å². The number of nitriles is 1. The molecule has 2 heterocycles. The molecular formula is C19H15N3O. The first-order valence-electron chi connectivity index (χ1n) is 7.29. The van der Waals surface area contributed by atoms with Crippen molar-refractivity contribution in [2.24, 2.45) is 0 Å². The molecular weight excluding hydrogens is 286 g/mol. The first-order chi connectivity index (χ1) is 11.2. The number of aromatic nitrogens is 2. The maximum Gasteiger partial charge on any atom is 0.170 e. The minimum absolute atomic E-state index is 0.146. The van der Waals surface area contributed by atoms with Gasteiger partial charge >= 0.3 is 0 Å². The quantitative estimate of drug-likeness (QED) is 0.546. The third-order valence-electron chi connectivity index (χ3n) is 3.66. The van der Waals surface area contributed by atoms with Crippen LogP contribution >= 0.6 is 0 Å². The number of hydrogen-bond donors (Lipinski definition) is 0. The van der Waals surface area contributed by atoms with Crippen molar-refractivity contribution in [3.05, 3.63) is 71.6 Å². The Hall–Kier alpha value is -3.19. The Morgan fingerprint density at radius 3 is 2.74 bits per heavy atom. The number of carbonyl (C=O) groups is 1. The first-order valence-corrected chi connectivity index (χ1v) is 7.29. The number of nitrogens with zero attached hydrogens (tertiary/aromatic N) is 3. The van der Waals surface area contributed by atoms with E-state index in [2.05, 4.69) is 17.1 Å². The summed E-state index contributed by atoms with van der Waals surface area (Å²) in [5.74, 6) is -0.236. The lowest BCUT2D eigenvalue weighted by molar-refractivity contribution is -0.113. The summed E-state index contributed by atoms with van der Waals surface area (Å²) in [6.45, 7) is 2.08. The van der Waals surface area contributed by atoms with Crippen LogP contribution in [0.15, 0.2) is 60.4 Å². The van der Waals surface area contributed by atoms with E-state index < -0.39 is 0 Å². The first kappa shape index (κ1) is 14.7. The molecule has 0 saturated carbocycles. The van der Waals surface area contributed by atoms with Gasteiger partial charge in [0.2, 0.25) is 0 Å². The van der Waals surface area contributed by atoms with Gasteiger partial charge in [0, 0.05) is 29.9 Å². The normalized spacial score (nSPS) is 11.4. The van der Waals surface area contributed by atoms with Crippen LogP contribution in [-0.2, 0) is 11.3 Å². The second-order valence-corrected chi connectivity index (χ2v) is 5.30. The fraction of sp³-hybridized carbons (Fsp3) is 0.105. The highest BCUT2D eigenvalue weighted by atomic mass is 16.1. The van der Waals surface area contributed by atoms with E-state index in [4.69, 9.17) is 5.26 Å². The van der Waals surface area contributed by atoms with E-state index in [0.717, 1.165) is 22.2 Å². The summed E-state index contributed by atoms with van der Waals surface area (Å²) >= 11 is 0. The molecule has 2 aromatic heterocycles. The molecule has 3 aromatic rings. The molecule has 0 N–H and O–H groups in total. The Morgan fingerprint density at radius 2 is 2.04 bits per heavy atom. The summed E-state index contributed by atoms with van der Waals surface area (Å²) < 4.78 is 2.03. The Bertz CT molecular complexity index is 930. The van der Waals surface area contributed by atoms with E-state index in [1.807, 2.05) is 47.2 Å². The summed E-state index contributed by atoms with van der Waals surface area (Å²) in [6.07, 6.45) is 5.31. The van der Waals surface area contributed by atoms with Crippen molar-refractivity contribution in [2.45, 2.75) is 13.5 Å². The Balaban J connectivity index is 2.11. The second kappa shape index (κ2) is 6.29. The maximum absolute atomic E-state index is 11.5. The van der Waals surface area contributed by atoms with E-state index in [-0.39, 0.29) is 11.4 Å². The number of pyridine rings is 1. The summed E-state index contributed by atoms with van der Waals surface area (Å²) in [4.78, 5) is 15.9. The van der Waals surface area contributed by atoms with E-state index >= 15 is 0 Å². The largest absolute Gasteiger partial charge is 0.327 e. The van der Waals surface area contributed by atoms with Crippen molar-refractivity contribution in [1.82, 2.24) is 9.55 Å². The molecule has 0 fully saturated rings. The molecule has 0 aliphatic carbocycles. The van der Waals surface area contributed by atoms with Gasteiger partial charge in [0.05, 0.1) is 5.57 Å². The number of ketones is 1. The zero-order valence-electron chi connectivity index (χ0n) is 12.7. The lowest BCUT2D eigenvalue weighted by Crippen LogP contribution is -1.98.